The molecule has 2 aliphatic heterocycles. The van der Waals surface area contributed by atoms with Crippen molar-refractivity contribution in [3.05, 3.63) is 0 Å². The van der Waals surface area contributed by atoms with Crippen LogP contribution in [-0.4, -0.2) is 53.3 Å². The Bertz CT molecular complexity index is 324. The summed E-state index contributed by atoms with van der Waals surface area (Å²) in [6.07, 6.45) is 3.75. The predicted octanol–water partition coefficient (Wildman–Crippen LogP) is 0.369. The highest BCUT2D eigenvalue weighted by Crippen LogP contribution is 2.24. The Labute approximate surface area is 114 Å². The molecule has 2 heterocycles. The molecule has 2 rings (SSSR count). The summed E-state index contributed by atoms with van der Waals surface area (Å²) in [5.74, 6) is 0.106. The van der Waals surface area contributed by atoms with Gasteiger partial charge in [-0.25, -0.2) is 0 Å². The van der Waals surface area contributed by atoms with Crippen LogP contribution in [0, 0.1) is 0 Å². The van der Waals surface area contributed by atoms with Crippen LogP contribution in [0.25, 0.3) is 0 Å². The van der Waals surface area contributed by atoms with Crippen LogP contribution in [0.1, 0.15) is 32.6 Å². The van der Waals surface area contributed by atoms with Crippen molar-refractivity contribution in [1.82, 2.24) is 9.80 Å². The first-order chi connectivity index (χ1) is 8.15. The molecule has 104 valence electrons. The van der Waals surface area contributed by atoms with Gasteiger partial charge in [-0.3, -0.25) is 9.59 Å². The number of likely N-dealkylation sites (tertiary alicyclic amines) is 2. The van der Waals surface area contributed by atoms with Crippen molar-refractivity contribution in [2.45, 2.75) is 44.7 Å². The highest BCUT2D eigenvalue weighted by atomic mass is 35.5. The summed E-state index contributed by atoms with van der Waals surface area (Å²) in [4.78, 5) is 27.4. The van der Waals surface area contributed by atoms with E-state index in [1.807, 2.05) is 4.90 Å². The lowest BCUT2D eigenvalue weighted by Gasteiger charge is -2.30. The van der Waals surface area contributed by atoms with Crippen molar-refractivity contribution in [2.24, 2.45) is 5.73 Å². The Hall–Kier alpha value is -0.810. The van der Waals surface area contributed by atoms with E-state index in [4.69, 9.17) is 5.73 Å². The van der Waals surface area contributed by atoms with Crippen LogP contribution in [0.15, 0.2) is 0 Å². The Morgan fingerprint density at radius 1 is 1.17 bits per heavy atom. The van der Waals surface area contributed by atoms with Crippen LogP contribution >= 0.6 is 12.4 Å². The summed E-state index contributed by atoms with van der Waals surface area (Å²) >= 11 is 0. The predicted molar refractivity (Wildman–Crippen MR) is 71.4 cm³/mol. The first-order valence-electron chi connectivity index (χ1n) is 6.43. The van der Waals surface area contributed by atoms with Crippen LogP contribution in [-0.2, 0) is 9.59 Å². The van der Waals surface area contributed by atoms with E-state index in [0.29, 0.717) is 13.1 Å². The Morgan fingerprint density at radius 3 is 2.39 bits per heavy atom. The first kappa shape index (κ1) is 15.2. The maximum absolute atomic E-state index is 12.4. The molecule has 0 aromatic rings. The number of nitrogens with zero attached hydrogens (tertiary/aromatic N) is 2. The van der Waals surface area contributed by atoms with Crippen molar-refractivity contribution < 1.29 is 9.59 Å². The molecule has 0 aliphatic carbocycles. The third-order valence-electron chi connectivity index (χ3n) is 3.87. The molecular formula is C12H22ClN3O2. The van der Waals surface area contributed by atoms with E-state index in [0.717, 1.165) is 32.2 Å². The van der Waals surface area contributed by atoms with Crippen LogP contribution in [0.2, 0.25) is 0 Å². The number of amides is 2. The maximum atomic E-state index is 12.4. The summed E-state index contributed by atoms with van der Waals surface area (Å²) in [6.45, 7) is 3.57. The van der Waals surface area contributed by atoms with E-state index in [-0.39, 0.29) is 36.3 Å². The molecule has 5 nitrogen and oxygen atoms in total. The number of nitrogens with two attached hydrogens (primary N) is 1. The van der Waals surface area contributed by atoms with E-state index < -0.39 is 0 Å². The van der Waals surface area contributed by atoms with Crippen molar-refractivity contribution in [3.8, 4) is 0 Å². The summed E-state index contributed by atoms with van der Waals surface area (Å²) in [5.41, 5.74) is 5.68. The number of carbonyl (C=O) groups excluding carboxylic acids is 2. The molecule has 2 fully saturated rings. The third-order valence-corrected chi connectivity index (χ3v) is 3.87. The van der Waals surface area contributed by atoms with Gasteiger partial charge in [0.2, 0.25) is 11.8 Å². The van der Waals surface area contributed by atoms with Crippen molar-refractivity contribution in [1.29, 1.82) is 0 Å². The number of hydrogen-bond donors (Lipinski definition) is 1. The number of rotatable bonds is 2. The number of halogens is 1. The summed E-state index contributed by atoms with van der Waals surface area (Å²) < 4.78 is 0. The maximum Gasteiger partial charge on any atom is 0.245 e. The molecule has 18 heavy (non-hydrogen) atoms. The van der Waals surface area contributed by atoms with Gasteiger partial charge in [-0.1, -0.05) is 0 Å². The lowest BCUT2D eigenvalue weighted by Crippen LogP contribution is -2.50. The molecule has 0 radical (unpaired) electrons. The first-order valence-corrected chi connectivity index (χ1v) is 6.43. The number of hydrogen-bond acceptors (Lipinski definition) is 3. The van der Waals surface area contributed by atoms with Gasteiger partial charge in [0.05, 0.1) is 0 Å². The fraction of sp³-hybridized carbons (Fsp3) is 0.833. The topological polar surface area (TPSA) is 66.6 Å². The smallest absolute Gasteiger partial charge is 0.245 e. The fourth-order valence-corrected chi connectivity index (χ4v) is 2.96. The highest BCUT2D eigenvalue weighted by Gasteiger charge is 2.38. The van der Waals surface area contributed by atoms with Gasteiger partial charge in [-0.2, -0.15) is 0 Å². The lowest BCUT2D eigenvalue weighted by atomic mass is 10.1. The fourth-order valence-electron chi connectivity index (χ4n) is 2.96. The minimum Gasteiger partial charge on any atom is -0.337 e. The quantitative estimate of drug-likeness (QED) is 0.792. The largest absolute Gasteiger partial charge is 0.337 e. The minimum atomic E-state index is -0.236. The van der Waals surface area contributed by atoms with E-state index in [1.165, 1.54) is 6.92 Å². The van der Waals surface area contributed by atoms with Gasteiger partial charge in [0.15, 0.2) is 0 Å². The Balaban J connectivity index is 0.00000162. The van der Waals surface area contributed by atoms with Gasteiger partial charge in [0.25, 0.3) is 0 Å². The second-order valence-electron chi connectivity index (χ2n) is 4.93. The zero-order valence-corrected chi connectivity index (χ0v) is 11.6. The normalized spacial score (nSPS) is 27.2. The molecule has 0 saturated carbocycles. The number of carbonyl (C=O) groups is 2. The SMILES string of the molecule is CC(=O)N1CCCC1C(=O)N1CCCC1CN.Cl. The zero-order valence-electron chi connectivity index (χ0n) is 10.8. The van der Waals surface area contributed by atoms with Crippen LogP contribution < -0.4 is 5.73 Å². The Morgan fingerprint density at radius 2 is 1.78 bits per heavy atom. The molecule has 2 atom stereocenters. The molecule has 2 N–H and O–H groups in total. The van der Waals surface area contributed by atoms with E-state index >= 15 is 0 Å². The molecule has 0 aromatic heterocycles. The van der Waals surface area contributed by atoms with Gasteiger partial charge in [-0.05, 0) is 25.7 Å². The van der Waals surface area contributed by atoms with Gasteiger partial charge >= 0.3 is 0 Å². The van der Waals surface area contributed by atoms with Gasteiger partial charge in [0.1, 0.15) is 6.04 Å². The van der Waals surface area contributed by atoms with E-state index in [1.54, 1.807) is 4.90 Å². The third kappa shape index (κ3) is 2.78. The Kier molecular flexibility index (Phi) is 5.41. The van der Waals surface area contributed by atoms with Crippen molar-refractivity contribution >= 4 is 24.2 Å². The molecular weight excluding hydrogens is 254 g/mol. The van der Waals surface area contributed by atoms with Crippen molar-refractivity contribution in [2.75, 3.05) is 19.6 Å². The van der Waals surface area contributed by atoms with Crippen LogP contribution in [0.5, 0.6) is 0 Å². The van der Waals surface area contributed by atoms with Gasteiger partial charge in [0, 0.05) is 32.6 Å². The van der Waals surface area contributed by atoms with Crippen LogP contribution in [0.4, 0.5) is 0 Å². The molecule has 2 amide bonds. The van der Waals surface area contributed by atoms with E-state index in [9.17, 15) is 9.59 Å². The molecule has 0 aromatic carbocycles. The highest BCUT2D eigenvalue weighted by molar-refractivity contribution is 5.87. The molecule has 0 bridgehead atoms. The molecule has 2 aliphatic rings. The summed E-state index contributed by atoms with van der Waals surface area (Å²) in [6, 6.07) is -0.0587. The zero-order chi connectivity index (χ0) is 12.4. The average Bonchev–Trinajstić information content (AvgIpc) is 2.96. The van der Waals surface area contributed by atoms with Crippen molar-refractivity contribution in [3.63, 3.8) is 0 Å². The molecule has 2 unspecified atom stereocenters. The average molecular weight is 276 g/mol. The second-order valence-corrected chi connectivity index (χ2v) is 4.93. The minimum absolute atomic E-state index is 0. The lowest BCUT2D eigenvalue weighted by molar-refractivity contribution is -0.143. The van der Waals surface area contributed by atoms with E-state index in [2.05, 4.69) is 0 Å². The van der Waals surface area contributed by atoms with Gasteiger partial charge < -0.3 is 15.5 Å². The summed E-state index contributed by atoms with van der Waals surface area (Å²) in [5, 5.41) is 0. The second kappa shape index (κ2) is 6.38. The molecule has 0 spiro atoms. The van der Waals surface area contributed by atoms with Crippen LogP contribution in [0.3, 0.4) is 0 Å². The molecule has 2 saturated heterocycles. The molecule has 6 heteroatoms. The standard InChI is InChI=1S/C12H21N3O2.ClH/c1-9(16)14-6-3-5-11(14)12(17)15-7-2-4-10(15)8-13;/h10-11H,2-8,13H2,1H3;1H. The van der Waals surface area contributed by atoms with Gasteiger partial charge in [-0.15, -0.1) is 12.4 Å². The monoisotopic (exact) mass is 275 g/mol. The summed E-state index contributed by atoms with van der Waals surface area (Å²) in [7, 11) is 0.